The van der Waals surface area contributed by atoms with Crippen LogP contribution in [0.3, 0.4) is 0 Å². The van der Waals surface area contributed by atoms with Gasteiger partial charge in [-0.25, -0.2) is 4.98 Å². The first-order chi connectivity index (χ1) is 14.5. The molecule has 1 aliphatic rings. The van der Waals surface area contributed by atoms with Crippen molar-refractivity contribution in [1.82, 2.24) is 29.8 Å². The van der Waals surface area contributed by atoms with Crippen LogP contribution in [0, 0.1) is 0 Å². The smallest absolute Gasteiger partial charge is 0.228 e. The number of benzene rings is 1. The molecule has 30 heavy (non-hydrogen) atoms. The van der Waals surface area contributed by atoms with Gasteiger partial charge in [0.2, 0.25) is 5.95 Å². The lowest BCUT2D eigenvalue weighted by Crippen LogP contribution is -2.43. The molecule has 3 aromatic rings. The summed E-state index contributed by atoms with van der Waals surface area (Å²) in [5, 5.41) is 11.5. The first kappa shape index (κ1) is 20.6. The molecule has 1 aliphatic heterocycles. The SMILES string of the molecule is COc1cccc([C@H](C)Nc2nc(CN3CCNCC3)nc3c(C(C)C)cnn23)c1. The van der Waals surface area contributed by atoms with Gasteiger partial charge in [-0.1, -0.05) is 26.0 Å². The van der Waals surface area contributed by atoms with Crippen molar-refractivity contribution in [3.63, 3.8) is 0 Å². The Balaban J connectivity index is 1.67. The Labute approximate surface area is 177 Å². The molecule has 4 rings (SSSR count). The summed E-state index contributed by atoms with van der Waals surface area (Å²) in [6, 6.07) is 8.12. The summed E-state index contributed by atoms with van der Waals surface area (Å²) in [5.74, 6) is 2.72. The van der Waals surface area contributed by atoms with Crippen molar-refractivity contribution in [3.05, 3.63) is 47.4 Å². The van der Waals surface area contributed by atoms with Gasteiger partial charge in [-0.2, -0.15) is 14.6 Å². The predicted octanol–water partition coefficient (Wildman–Crippen LogP) is 2.83. The second kappa shape index (κ2) is 8.97. The fourth-order valence-corrected chi connectivity index (χ4v) is 3.77. The highest BCUT2D eigenvalue weighted by molar-refractivity contribution is 5.52. The van der Waals surface area contributed by atoms with Crippen molar-refractivity contribution < 1.29 is 4.74 Å². The molecule has 2 aromatic heterocycles. The molecule has 0 radical (unpaired) electrons. The highest BCUT2D eigenvalue weighted by atomic mass is 16.5. The molecule has 0 aliphatic carbocycles. The molecule has 8 nitrogen and oxygen atoms in total. The third kappa shape index (κ3) is 4.39. The van der Waals surface area contributed by atoms with E-state index in [1.54, 1.807) is 7.11 Å². The summed E-state index contributed by atoms with van der Waals surface area (Å²) < 4.78 is 7.20. The predicted molar refractivity (Wildman–Crippen MR) is 118 cm³/mol. The van der Waals surface area contributed by atoms with Gasteiger partial charge in [0.15, 0.2) is 5.65 Å². The van der Waals surface area contributed by atoms with E-state index in [-0.39, 0.29) is 6.04 Å². The zero-order valence-corrected chi connectivity index (χ0v) is 18.2. The number of nitrogens with one attached hydrogen (secondary N) is 2. The monoisotopic (exact) mass is 409 g/mol. The fraction of sp³-hybridized carbons (Fsp3) is 0.500. The lowest BCUT2D eigenvalue weighted by atomic mass is 10.1. The van der Waals surface area contributed by atoms with Crippen molar-refractivity contribution in [1.29, 1.82) is 0 Å². The van der Waals surface area contributed by atoms with E-state index in [2.05, 4.69) is 47.5 Å². The standard InChI is InChI=1S/C22H31N7O/c1-15(2)19-13-24-29-21(19)26-20(14-28-10-8-23-9-11-28)27-22(29)25-16(3)17-6-5-7-18(12-17)30-4/h5-7,12-13,15-16,23H,8-11,14H2,1-4H3,(H,25,26,27)/t16-/m0/s1. The van der Waals surface area contributed by atoms with Gasteiger partial charge in [0, 0.05) is 31.7 Å². The van der Waals surface area contributed by atoms with Gasteiger partial charge in [0.25, 0.3) is 0 Å². The average molecular weight is 410 g/mol. The summed E-state index contributed by atoms with van der Waals surface area (Å²) in [7, 11) is 1.69. The molecular weight excluding hydrogens is 378 g/mol. The van der Waals surface area contributed by atoms with Gasteiger partial charge in [0.1, 0.15) is 11.6 Å². The largest absolute Gasteiger partial charge is 0.497 e. The van der Waals surface area contributed by atoms with Gasteiger partial charge < -0.3 is 15.4 Å². The van der Waals surface area contributed by atoms with E-state index in [1.165, 1.54) is 0 Å². The van der Waals surface area contributed by atoms with Crippen LogP contribution in [0.1, 0.15) is 49.7 Å². The van der Waals surface area contributed by atoms with Crippen molar-refractivity contribution >= 4 is 11.6 Å². The number of nitrogens with zero attached hydrogens (tertiary/aromatic N) is 5. The molecule has 1 saturated heterocycles. The van der Waals surface area contributed by atoms with Crippen LogP contribution in [-0.4, -0.2) is 57.8 Å². The van der Waals surface area contributed by atoms with E-state index in [0.717, 1.165) is 61.1 Å². The van der Waals surface area contributed by atoms with Crippen LogP contribution in [-0.2, 0) is 6.54 Å². The Morgan fingerprint density at radius 2 is 1.97 bits per heavy atom. The summed E-state index contributed by atoms with van der Waals surface area (Å²) in [5.41, 5.74) is 3.14. The molecule has 1 fully saturated rings. The van der Waals surface area contributed by atoms with E-state index in [4.69, 9.17) is 14.7 Å². The minimum Gasteiger partial charge on any atom is -0.497 e. The van der Waals surface area contributed by atoms with Gasteiger partial charge in [-0.05, 0) is 30.5 Å². The van der Waals surface area contributed by atoms with Crippen molar-refractivity contribution in [3.8, 4) is 5.75 Å². The molecule has 1 atom stereocenters. The summed E-state index contributed by atoms with van der Waals surface area (Å²) in [6.07, 6.45) is 1.91. The van der Waals surface area contributed by atoms with Crippen LogP contribution < -0.4 is 15.4 Å². The van der Waals surface area contributed by atoms with Gasteiger partial charge in [0.05, 0.1) is 25.9 Å². The summed E-state index contributed by atoms with van der Waals surface area (Å²) in [4.78, 5) is 12.1. The number of aromatic nitrogens is 4. The lowest BCUT2D eigenvalue weighted by Gasteiger charge is -2.26. The van der Waals surface area contributed by atoms with Crippen LogP contribution in [0.25, 0.3) is 5.65 Å². The third-order valence-electron chi connectivity index (χ3n) is 5.58. The normalized spacial score (nSPS) is 16.2. The highest BCUT2D eigenvalue weighted by Crippen LogP contribution is 2.25. The number of hydrogen-bond donors (Lipinski definition) is 2. The Bertz CT molecular complexity index is 994. The van der Waals surface area contributed by atoms with Crippen molar-refractivity contribution in [2.45, 2.75) is 39.3 Å². The number of methoxy groups -OCH3 is 1. The second-order valence-electron chi connectivity index (χ2n) is 8.12. The van der Waals surface area contributed by atoms with Gasteiger partial charge in [-0.15, -0.1) is 0 Å². The first-order valence-corrected chi connectivity index (χ1v) is 10.6. The molecule has 8 heteroatoms. The molecule has 0 bridgehead atoms. The summed E-state index contributed by atoms with van der Waals surface area (Å²) in [6.45, 7) is 11.2. The maximum absolute atomic E-state index is 5.38. The number of rotatable bonds is 7. The minimum absolute atomic E-state index is 0.0388. The quantitative estimate of drug-likeness (QED) is 0.621. The second-order valence-corrected chi connectivity index (χ2v) is 8.12. The molecular formula is C22H31N7O. The topological polar surface area (TPSA) is 79.6 Å². The molecule has 0 amide bonds. The lowest BCUT2D eigenvalue weighted by molar-refractivity contribution is 0.228. The number of ether oxygens (including phenoxy) is 1. The van der Waals surface area contributed by atoms with Crippen LogP contribution in [0.15, 0.2) is 30.5 Å². The van der Waals surface area contributed by atoms with Crippen LogP contribution >= 0.6 is 0 Å². The Morgan fingerprint density at radius 3 is 2.70 bits per heavy atom. The van der Waals surface area contributed by atoms with E-state index in [0.29, 0.717) is 11.9 Å². The first-order valence-electron chi connectivity index (χ1n) is 10.6. The number of anilines is 1. The molecule has 2 N–H and O–H groups in total. The Hall–Kier alpha value is -2.71. The number of piperazine rings is 1. The zero-order chi connectivity index (χ0) is 21.1. The molecule has 0 spiro atoms. The number of fused-ring (bicyclic) bond motifs is 1. The third-order valence-corrected chi connectivity index (χ3v) is 5.58. The Kier molecular flexibility index (Phi) is 6.15. The fourth-order valence-electron chi connectivity index (χ4n) is 3.77. The van der Waals surface area contributed by atoms with E-state index in [1.807, 2.05) is 28.9 Å². The number of hydrogen-bond acceptors (Lipinski definition) is 7. The van der Waals surface area contributed by atoms with Crippen LogP contribution in [0.2, 0.25) is 0 Å². The van der Waals surface area contributed by atoms with Crippen LogP contribution in [0.5, 0.6) is 5.75 Å². The summed E-state index contributed by atoms with van der Waals surface area (Å²) >= 11 is 0. The average Bonchev–Trinajstić information content (AvgIpc) is 3.19. The molecule has 160 valence electrons. The molecule has 0 unspecified atom stereocenters. The van der Waals surface area contributed by atoms with E-state index < -0.39 is 0 Å². The molecule has 3 heterocycles. The maximum atomic E-state index is 5.38. The zero-order valence-electron chi connectivity index (χ0n) is 18.2. The Morgan fingerprint density at radius 1 is 1.17 bits per heavy atom. The van der Waals surface area contributed by atoms with Crippen molar-refractivity contribution in [2.24, 2.45) is 0 Å². The molecule has 1 aromatic carbocycles. The van der Waals surface area contributed by atoms with Crippen LogP contribution in [0.4, 0.5) is 5.95 Å². The van der Waals surface area contributed by atoms with Crippen molar-refractivity contribution in [2.75, 3.05) is 38.6 Å². The van der Waals surface area contributed by atoms with E-state index in [9.17, 15) is 0 Å². The van der Waals surface area contributed by atoms with Gasteiger partial charge >= 0.3 is 0 Å². The minimum atomic E-state index is 0.0388. The maximum Gasteiger partial charge on any atom is 0.228 e. The highest BCUT2D eigenvalue weighted by Gasteiger charge is 2.19. The van der Waals surface area contributed by atoms with E-state index >= 15 is 0 Å². The van der Waals surface area contributed by atoms with Gasteiger partial charge in [-0.3, -0.25) is 4.90 Å². The molecule has 0 saturated carbocycles.